The molecular formula is C19H28O. The molecule has 20 heavy (non-hydrogen) atoms. The minimum absolute atomic E-state index is 0.110. The van der Waals surface area contributed by atoms with E-state index >= 15 is 0 Å². The van der Waals surface area contributed by atoms with Gasteiger partial charge in [0.2, 0.25) is 0 Å². The van der Waals surface area contributed by atoms with Gasteiger partial charge < -0.3 is 0 Å². The summed E-state index contributed by atoms with van der Waals surface area (Å²) in [5.74, 6) is 0.434. The molecule has 0 bridgehead atoms. The van der Waals surface area contributed by atoms with Crippen LogP contribution in [0.4, 0.5) is 0 Å². The number of fused-ring (bicyclic) bond motifs is 2. The molecule has 0 saturated heterocycles. The maximum atomic E-state index is 12.7. The fraction of sp³-hybridized carbons (Fsp3) is 0.737. The molecule has 110 valence electrons. The quantitative estimate of drug-likeness (QED) is 0.591. The number of ketones is 1. The highest BCUT2D eigenvalue weighted by molar-refractivity contribution is 6.06. The van der Waals surface area contributed by atoms with Crippen molar-refractivity contribution in [2.24, 2.45) is 16.2 Å². The van der Waals surface area contributed by atoms with Crippen molar-refractivity contribution in [3.8, 4) is 0 Å². The number of hydrogen-bond donors (Lipinski definition) is 0. The normalized spacial score (nSPS) is 25.6. The van der Waals surface area contributed by atoms with Gasteiger partial charge in [-0.15, -0.1) is 0 Å². The summed E-state index contributed by atoms with van der Waals surface area (Å²) < 4.78 is 0. The first kappa shape index (κ1) is 14.1. The molecule has 0 aromatic heterocycles. The first-order valence-corrected chi connectivity index (χ1v) is 8.08. The average molecular weight is 272 g/mol. The number of carbonyl (C=O) groups excluding carboxylic acids is 1. The van der Waals surface area contributed by atoms with Gasteiger partial charge in [0, 0.05) is 17.4 Å². The van der Waals surface area contributed by atoms with E-state index in [4.69, 9.17) is 0 Å². The largest absolute Gasteiger partial charge is 0.294 e. The SMILES string of the molecule is CC(C)(C)C1=C2C(=O)CC3(CCC3)C2=C(C(C)(C)C)C1. The van der Waals surface area contributed by atoms with Crippen LogP contribution in [0.5, 0.6) is 0 Å². The van der Waals surface area contributed by atoms with Gasteiger partial charge in [0.15, 0.2) is 5.78 Å². The Bertz CT molecular complexity index is 539. The van der Waals surface area contributed by atoms with E-state index < -0.39 is 0 Å². The van der Waals surface area contributed by atoms with Crippen LogP contribution < -0.4 is 0 Å². The van der Waals surface area contributed by atoms with Gasteiger partial charge in [0.25, 0.3) is 0 Å². The molecule has 3 aliphatic carbocycles. The minimum Gasteiger partial charge on any atom is -0.294 e. The molecule has 0 aromatic carbocycles. The molecule has 3 aliphatic rings. The zero-order chi connectivity index (χ0) is 14.9. The second-order valence-electron chi connectivity index (χ2n) is 9.12. The third-order valence-electron chi connectivity index (χ3n) is 5.64. The predicted molar refractivity (Wildman–Crippen MR) is 83.5 cm³/mol. The van der Waals surface area contributed by atoms with Crippen LogP contribution in [0.25, 0.3) is 0 Å². The molecule has 1 heteroatoms. The lowest BCUT2D eigenvalue weighted by atomic mass is 9.62. The van der Waals surface area contributed by atoms with Crippen molar-refractivity contribution in [2.75, 3.05) is 0 Å². The lowest BCUT2D eigenvalue weighted by Gasteiger charge is -2.41. The van der Waals surface area contributed by atoms with Crippen molar-refractivity contribution in [1.29, 1.82) is 0 Å². The number of hydrogen-bond acceptors (Lipinski definition) is 1. The highest BCUT2D eigenvalue weighted by Crippen LogP contribution is 2.64. The van der Waals surface area contributed by atoms with Gasteiger partial charge in [-0.25, -0.2) is 0 Å². The fourth-order valence-electron chi connectivity index (χ4n) is 4.34. The van der Waals surface area contributed by atoms with E-state index in [1.54, 1.807) is 5.57 Å². The van der Waals surface area contributed by atoms with Gasteiger partial charge in [-0.3, -0.25) is 4.79 Å². The first-order chi connectivity index (χ1) is 9.06. The van der Waals surface area contributed by atoms with Crippen molar-refractivity contribution < 1.29 is 4.79 Å². The van der Waals surface area contributed by atoms with Crippen LogP contribution >= 0.6 is 0 Å². The van der Waals surface area contributed by atoms with Crippen molar-refractivity contribution >= 4 is 5.78 Å². The number of rotatable bonds is 0. The lowest BCUT2D eigenvalue weighted by Crippen LogP contribution is -2.30. The predicted octanol–water partition coefficient (Wildman–Crippen LogP) is 5.22. The Morgan fingerprint density at radius 2 is 1.45 bits per heavy atom. The molecule has 0 unspecified atom stereocenters. The Hall–Kier alpha value is -0.850. The van der Waals surface area contributed by atoms with Gasteiger partial charge in [-0.2, -0.15) is 0 Å². The first-order valence-electron chi connectivity index (χ1n) is 8.08. The molecule has 2 fully saturated rings. The molecule has 0 amide bonds. The van der Waals surface area contributed by atoms with Crippen LogP contribution in [0.2, 0.25) is 0 Å². The van der Waals surface area contributed by atoms with Crippen LogP contribution in [0.3, 0.4) is 0 Å². The van der Waals surface area contributed by atoms with E-state index in [0.717, 1.165) is 18.4 Å². The van der Waals surface area contributed by atoms with Crippen LogP contribution in [0.15, 0.2) is 22.3 Å². The maximum absolute atomic E-state index is 12.7. The molecule has 0 aromatic rings. The van der Waals surface area contributed by atoms with Crippen LogP contribution in [-0.4, -0.2) is 5.78 Å². The standard InChI is InChI=1S/C19H28O/c1-17(2,3)12-10-13(18(4,5)6)16-15(12)14(20)11-19(16)8-7-9-19/h7-11H2,1-6H3. The van der Waals surface area contributed by atoms with Crippen LogP contribution in [0, 0.1) is 16.2 Å². The zero-order valence-corrected chi connectivity index (χ0v) is 13.9. The third-order valence-corrected chi connectivity index (χ3v) is 5.64. The molecule has 1 nitrogen and oxygen atoms in total. The van der Waals surface area contributed by atoms with E-state index in [1.807, 2.05) is 0 Å². The summed E-state index contributed by atoms with van der Waals surface area (Å²) in [5, 5.41) is 0. The Morgan fingerprint density at radius 3 is 1.85 bits per heavy atom. The number of Topliss-reactive ketones (excluding diaryl/α,β-unsaturated/α-hetero) is 1. The Balaban J connectivity index is 2.21. The maximum Gasteiger partial charge on any atom is 0.164 e. The highest BCUT2D eigenvalue weighted by atomic mass is 16.1. The van der Waals surface area contributed by atoms with Gasteiger partial charge in [-0.05, 0) is 41.2 Å². The van der Waals surface area contributed by atoms with Gasteiger partial charge in [-0.1, -0.05) is 53.5 Å². The van der Waals surface area contributed by atoms with E-state index in [2.05, 4.69) is 41.5 Å². The summed E-state index contributed by atoms with van der Waals surface area (Å²) in [6.07, 6.45) is 5.58. The molecule has 0 heterocycles. The number of carbonyl (C=O) groups is 1. The van der Waals surface area contributed by atoms with E-state index in [1.165, 1.54) is 30.4 Å². The van der Waals surface area contributed by atoms with E-state index in [-0.39, 0.29) is 16.2 Å². The second-order valence-corrected chi connectivity index (χ2v) is 9.12. The molecule has 1 spiro atoms. The van der Waals surface area contributed by atoms with Crippen molar-refractivity contribution in [3.05, 3.63) is 22.3 Å². The van der Waals surface area contributed by atoms with Crippen LogP contribution in [0.1, 0.15) is 73.6 Å². The lowest BCUT2D eigenvalue weighted by molar-refractivity contribution is -0.116. The number of allylic oxidation sites excluding steroid dienone is 4. The summed E-state index contributed by atoms with van der Waals surface area (Å²) in [6, 6.07) is 0. The second kappa shape index (κ2) is 3.87. The summed E-state index contributed by atoms with van der Waals surface area (Å²) in [5.41, 5.74) is 6.14. The molecule has 2 saturated carbocycles. The molecular weight excluding hydrogens is 244 g/mol. The Labute approximate surface area is 123 Å². The topological polar surface area (TPSA) is 17.1 Å². The molecule has 3 rings (SSSR count). The molecule has 0 aliphatic heterocycles. The van der Waals surface area contributed by atoms with Crippen molar-refractivity contribution in [2.45, 2.75) is 73.6 Å². The zero-order valence-electron chi connectivity index (χ0n) is 13.9. The van der Waals surface area contributed by atoms with Crippen LogP contribution in [-0.2, 0) is 4.79 Å². The van der Waals surface area contributed by atoms with Crippen molar-refractivity contribution in [3.63, 3.8) is 0 Å². The summed E-state index contributed by atoms with van der Waals surface area (Å²) in [7, 11) is 0. The summed E-state index contributed by atoms with van der Waals surface area (Å²) in [4.78, 5) is 12.7. The van der Waals surface area contributed by atoms with Gasteiger partial charge >= 0.3 is 0 Å². The van der Waals surface area contributed by atoms with Gasteiger partial charge in [0.05, 0.1) is 0 Å². The smallest absolute Gasteiger partial charge is 0.164 e. The molecule has 0 atom stereocenters. The minimum atomic E-state index is 0.110. The third kappa shape index (κ3) is 1.78. The Morgan fingerprint density at radius 1 is 0.900 bits per heavy atom. The molecule has 0 N–H and O–H groups in total. The van der Waals surface area contributed by atoms with Crippen molar-refractivity contribution in [1.82, 2.24) is 0 Å². The Kier molecular flexibility index (Phi) is 2.73. The van der Waals surface area contributed by atoms with E-state index in [0.29, 0.717) is 5.78 Å². The summed E-state index contributed by atoms with van der Waals surface area (Å²) in [6.45, 7) is 13.7. The monoisotopic (exact) mass is 272 g/mol. The van der Waals surface area contributed by atoms with E-state index in [9.17, 15) is 4.79 Å². The van der Waals surface area contributed by atoms with Gasteiger partial charge in [0.1, 0.15) is 0 Å². The fourth-order valence-corrected chi connectivity index (χ4v) is 4.34. The average Bonchev–Trinajstić information content (AvgIpc) is 2.72. The highest BCUT2D eigenvalue weighted by Gasteiger charge is 2.55. The molecule has 0 radical (unpaired) electrons. The summed E-state index contributed by atoms with van der Waals surface area (Å²) >= 11 is 0.